The molecule has 0 aromatic carbocycles. The van der Waals surface area contributed by atoms with Crippen LogP contribution in [0.5, 0.6) is 0 Å². The van der Waals surface area contributed by atoms with Gasteiger partial charge in [0.1, 0.15) is 0 Å². The zero-order valence-corrected chi connectivity index (χ0v) is 13.9. The molecule has 0 rings (SSSR count). The number of hydrogen-bond donors (Lipinski definition) is 0. The molecule has 1 radical (unpaired) electrons. The van der Waals surface area contributed by atoms with Gasteiger partial charge in [-0.25, -0.2) is 8.42 Å². The van der Waals surface area contributed by atoms with Gasteiger partial charge in [-0.2, -0.15) is 74.6 Å². The van der Waals surface area contributed by atoms with Crippen LogP contribution in [0.3, 0.4) is 0 Å². The first kappa shape index (κ1) is 28.7. The molecule has 0 N–H and O–H groups in total. The third-order valence-corrected chi connectivity index (χ3v) is 4.64. The van der Waals surface area contributed by atoms with Crippen molar-refractivity contribution in [1.29, 1.82) is 0 Å². The molecule has 0 spiro atoms. The predicted octanol–water partition coefficient (Wildman–Crippen LogP) is 4.52. The van der Waals surface area contributed by atoms with E-state index in [1.54, 1.807) is 0 Å². The maximum absolute atomic E-state index is 13.2. The summed E-state index contributed by atoms with van der Waals surface area (Å²) in [5, 5.41) is -7.56. The van der Waals surface area contributed by atoms with Crippen molar-refractivity contribution in [2.75, 3.05) is 7.05 Å². The lowest BCUT2D eigenvalue weighted by Crippen LogP contribution is -2.75. The Bertz CT molecular complexity index is 752. The Morgan fingerprint density at radius 3 is 0.933 bits per heavy atom. The molecular formula is C9H3F17NO2S. The Kier molecular flexibility index (Phi) is 6.57. The average molecular weight is 512 g/mol. The Morgan fingerprint density at radius 1 is 0.467 bits per heavy atom. The van der Waals surface area contributed by atoms with Crippen LogP contribution >= 0.6 is 0 Å². The van der Waals surface area contributed by atoms with Gasteiger partial charge in [-0.1, -0.05) is 0 Å². The third kappa shape index (κ3) is 3.25. The number of hydrogen-bond acceptors (Lipinski definition) is 2. The molecule has 0 aliphatic carbocycles. The fraction of sp³-hybridized carbons (Fsp3) is 1.00. The zero-order chi connectivity index (χ0) is 25.2. The Hall–Kier alpha value is -1.28. The van der Waals surface area contributed by atoms with Crippen molar-refractivity contribution >= 4 is 10.0 Å². The van der Waals surface area contributed by atoms with Gasteiger partial charge >= 0.3 is 47.0 Å². The average Bonchev–Trinajstić information content (AvgIpc) is 2.52. The topological polar surface area (TPSA) is 48.2 Å². The highest BCUT2D eigenvalue weighted by Gasteiger charge is 2.96. The fourth-order valence-electron chi connectivity index (χ4n) is 1.43. The molecule has 0 aromatic heterocycles. The molecular weight excluding hydrogens is 509 g/mol. The van der Waals surface area contributed by atoms with E-state index in [0.29, 0.717) is 0 Å². The van der Waals surface area contributed by atoms with E-state index >= 15 is 0 Å². The maximum atomic E-state index is 13.2. The largest absolute Gasteiger partial charge is 0.460 e. The van der Waals surface area contributed by atoms with Gasteiger partial charge in [-0.05, 0) is 0 Å². The second-order valence-electron chi connectivity index (χ2n) is 5.12. The van der Waals surface area contributed by atoms with Crippen LogP contribution in [0.2, 0.25) is 0 Å². The number of sulfonamides is 1. The third-order valence-electron chi connectivity index (χ3n) is 3.26. The fourth-order valence-corrected chi connectivity index (χ4v) is 2.11. The molecule has 3 nitrogen and oxygen atoms in total. The van der Waals surface area contributed by atoms with Crippen LogP contribution < -0.4 is 4.72 Å². The summed E-state index contributed by atoms with van der Waals surface area (Å²) in [5.41, 5.74) is 0. The van der Waals surface area contributed by atoms with Gasteiger partial charge in [-0.3, -0.25) is 0 Å². The lowest BCUT2D eigenvalue weighted by atomic mass is 9.91. The normalized spacial score (nSPS) is 16.7. The first-order chi connectivity index (χ1) is 12.6. The quantitative estimate of drug-likeness (QED) is 0.450. The summed E-state index contributed by atoms with van der Waals surface area (Å²) in [7, 11) is -7.61. The molecule has 0 aliphatic rings. The number of halogens is 17. The molecule has 30 heavy (non-hydrogen) atoms. The van der Waals surface area contributed by atoms with E-state index in [0.717, 1.165) is 0 Å². The van der Waals surface area contributed by atoms with Crippen LogP contribution in [0, 0.1) is 0 Å². The van der Waals surface area contributed by atoms with E-state index in [9.17, 15) is 83.1 Å². The van der Waals surface area contributed by atoms with Crippen molar-refractivity contribution in [3.8, 4) is 0 Å². The molecule has 181 valence electrons. The first-order valence-corrected chi connectivity index (χ1v) is 7.57. The minimum absolute atomic E-state index is 0.345. The van der Waals surface area contributed by atoms with Crippen LogP contribution in [-0.2, 0) is 10.0 Å². The van der Waals surface area contributed by atoms with Crippen molar-refractivity contribution in [2.24, 2.45) is 0 Å². The van der Waals surface area contributed by atoms with Crippen LogP contribution in [-0.4, -0.2) is 62.4 Å². The van der Waals surface area contributed by atoms with Gasteiger partial charge < -0.3 is 0 Å². The SMILES string of the molecule is C[N]S(=O)(=O)C(F)(F)C(F)(F)C(F)(F)C(F)(F)C(F)(F)C(F)(F)C(F)(F)C(F)(F)F. The molecule has 0 bridgehead atoms. The van der Waals surface area contributed by atoms with Gasteiger partial charge in [0.25, 0.3) is 10.0 Å². The second-order valence-corrected chi connectivity index (χ2v) is 6.95. The highest BCUT2D eigenvalue weighted by atomic mass is 32.2. The zero-order valence-electron chi connectivity index (χ0n) is 13.1. The Morgan fingerprint density at radius 2 is 0.700 bits per heavy atom. The molecule has 0 saturated carbocycles. The molecule has 0 amide bonds. The summed E-state index contributed by atoms with van der Waals surface area (Å²) >= 11 is 0. The summed E-state index contributed by atoms with van der Waals surface area (Å²) in [6.45, 7) is 0. The van der Waals surface area contributed by atoms with E-state index in [1.807, 2.05) is 0 Å². The Balaban J connectivity index is 6.93. The summed E-state index contributed by atoms with van der Waals surface area (Å²) in [5.74, 6) is -51.5. The van der Waals surface area contributed by atoms with Gasteiger partial charge in [0.2, 0.25) is 0 Å². The first-order valence-electron chi connectivity index (χ1n) is 6.13. The minimum atomic E-state index is -8.83. The predicted molar refractivity (Wildman–Crippen MR) is 57.7 cm³/mol. The highest BCUT2D eigenvalue weighted by molar-refractivity contribution is 7.90. The molecule has 0 heterocycles. The summed E-state index contributed by atoms with van der Waals surface area (Å²) in [6.07, 6.45) is -7.86. The second kappa shape index (κ2) is 6.86. The van der Waals surface area contributed by atoms with E-state index in [-0.39, 0.29) is 7.05 Å². The molecule has 21 heteroatoms. The lowest BCUT2D eigenvalue weighted by Gasteiger charge is -2.42. The highest BCUT2D eigenvalue weighted by Crippen LogP contribution is 2.64. The molecule has 0 saturated heterocycles. The van der Waals surface area contributed by atoms with Crippen LogP contribution in [0.1, 0.15) is 0 Å². The smallest absolute Gasteiger partial charge is 0.204 e. The van der Waals surface area contributed by atoms with Crippen molar-refractivity contribution in [3.05, 3.63) is 0 Å². The van der Waals surface area contributed by atoms with Crippen LogP contribution in [0.15, 0.2) is 0 Å². The van der Waals surface area contributed by atoms with Crippen LogP contribution in [0.4, 0.5) is 74.6 Å². The van der Waals surface area contributed by atoms with Gasteiger partial charge in [0.15, 0.2) is 0 Å². The van der Waals surface area contributed by atoms with E-state index < -0.39 is 57.0 Å². The van der Waals surface area contributed by atoms with Crippen molar-refractivity contribution in [2.45, 2.75) is 47.0 Å². The van der Waals surface area contributed by atoms with E-state index in [4.69, 9.17) is 0 Å². The Labute approximate surface area is 153 Å². The van der Waals surface area contributed by atoms with Gasteiger partial charge in [-0.15, -0.1) is 4.72 Å². The molecule has 0 aromatic rings. The van der Waals surface area contributed by atoms with E-state index in [2.05, 4.69) is 0 Å². The van der Waals surface area contributed by atoms with Crippen molar-refractivity contribution < 1.29 is 83.1 Å². The molecule has 0 aliphatic heterocycles. The monoisotopic (exact) mass is 512 g/mol. The molecule has 0 fully saturated rings. The standard InChI is InChI=1S/C9H3F17NO2S/c1-27-30(28,29)9(25,26)7(20,21)5(16,17)3(12,13)2(10,11)4(14,15)6(18,19)8(22,23)24/h1H3. The van der Waals surface area contributed by atoms with Gasteiger partial charge in [0.05, 0.1) is 0 Å². The van der Waals surface area contributed by atoms with Crippen LogP contribution in [0.25, 0.3) is 0 Å². The minimum Gasteiger partial charge on any atom is -0.204 e. The number of alkyl halides is 17. The summed E-state index contributed by atoms with van der Waals surface area (Å²) < 4.78 is 240. The lowest BCUT2D eigenvalue weighted by molar-refractivity contribution is -0.458. The van der Waals surface area contributed by atoms with Gasteiger partial charge in [0, 0.05) is 7.05 Å². The number of nitrogens with zero attached hydrogens (tertiary/aromatic N) is 1. The van der Waals surface area contributed by atoms with E-state index in [1.165, 1.54) is 4.72 Å². The molecule has 0 atom stereocenters. The number of rotatable bonds is 8. The maximum Gasteiger partial charge on any atom is 0.460 e. The van der Waals surface area contributed by atoms with Crippen molar-refractivity contribution in [3.63, 3.8) is 0 Å². The summed E-state index contributed by atoms with van der Waals surface area (Å²) in [6, 6.07) is 0. The summed E-state index contributed by atoms with van der Waals surface area (Å²) in [4.78, 5) is 0. The van der Waals surface area contributed by atoms with Crippen molar-refractivity contribution in [1.82, 2.24) is 4.72 Å². The molecule has 0 unspecified atom stereocenters.